The highest BCUT2D eigenvalue weighted by Crippen LogP contribution is 2.40. The van der Waals surface area contributed by atoms with Crippen LogP contribution in [0.3, 0.4) is 0 Å². The van der Waals surface area contributed by atoms with E-state index in [0.717, 1.165) is 18.5 Å². The van der Waals surface area contributed by atoms with Gasteiger partial charge in [0.2, 0.25) is 5.28 Å². The van der Waals surface area contributed by atoms with E-state index in [1.807, 2.05) is 0 Å². The van der Waals surface area contributed by atoms with Crippen molar-refractivity contribution in [1.82, 2.24) is 9.97 Å². The van der Waals surface area contributed by atoms with E-state index in [4.69, 9.17) is 16.3 Å². The highest BCUT2D eigenvalue weighted by Gasteiger charge is 2.30. The van der Waals surface area contributed by atoms with Crippen LogP contribution in [0.2, 0.25) is 5.28 Å². The minimum Gasteiger partial charge on any atom is -0.462 e. The van der Waals surface area contributed by atoms with Crippen molar-refractivity contribution in [3.05, 3.63) is 22.7 Å². The van der Waals surface area contributed by atoms with Crippen molar-refractivity contribution in [2.45, 2.75) is 25.7 Å². The van der Waals surface area contributed by atoms with Crippen LogP contribution in [-0.2, 0) is 4.74 Å². The van der Waals surface area contributed by atoms with Crippen LogP contribution in [0, 0.1) is 0 Å². The second-order valence-electron chi connectivity index (χ2n) is 3.43. The molecule has 1 saturated carbocycles. The van der Waals surface area contributed by atoms with Gasteiger partial charge in [-0.3, -0.25) is 0 Å². The molecule has 0 spiro atoms. The second kappa shape index (κ2) is 4.14. The molecule has 80 valence electrons. The standard InChI is InChI=1S/C10H11ClN2O2/c1-2-15-9(14)7-5-12-10(11)13-8(7)6-3-4-6/h5-6H,2-4H2,1H3. The van der Waals surface area contributed by atoms with Crippen molar-refractivity contribution in [1.29, 1.82) is 0 Å². The molecule has 0 N–H and O–H groups in total. The molecule has 0 amide bonds. The lowest BCUT2D eigenvalue weighted by atomic mass is 10.1. The summed E-state index contributed by atoms with van der Waals surface area (Å²) in [6, 6.07) is 0. The van der Waals surface area contributed by atoms with E-state index in [0.29, 0.717) is 18.1 Å². The van der Waals surface area contributed by atoms with Crippen LogP contribution in [0.1, 0.15) is 41.7 Å². The summed E-state index contributed by atoms with van der Waals surface area (Å²) in [6.45, 7) is 2.12. The van der Waals surface area contributed by atoms with Gasteiger partial charge in [0.25, 0.3) is 0 Å². The minimum absolute atomic E-state index is 0.185. The van der Waals surface area contributed by atoms with Gasteiger partial charge < -0.3 is 4.74 Å². The van der Waals surface area contributed by atoms with Gasteiger partial charge in [-0.15, -0.1) is 0 Å². The molecular formula is C10H11ClN2O2. The highest BCUT2D eigenvalue weighted by atomic mass is 35.5. The molecule has 0 bridgehead atoms. The Bertz CT molecular complexity index is 391. The number of rotatable bonds is 3. The van der Waals surface area contributed by atoms with Crippen molar-refractivity contribution in [3.8, 4) is 0 Å². The first-order chi connectivity index (χ1) is 7.22. The molecule has 1 aliphatic carbocycles. The van der Waals surface area contributed by atoms with Gasteiger partial charge in [-0.05, 0) is 31.4 Å². The van der Waals surface area contributed by atoms with E-state index >= 15 is 0 Å². The largest absolute Gasteiger partial charge is 0.462 e. The van der Waals surface area contributed by atoms with Crippen LogP contribution in [0.5, 0.6) is 0 Å². The molecule has 0 unspecified atom stereocenters. The number of hydrogen-bond donors (Lipinski definition) is 0. The van der Waals surface area contributed by atoms with Gasteiger partial charge in [0.05, 0.1) is 17.9 Å². The molecule has 5 heteroatoms. The lowest BCUT2D eigenvalue weighted by molar-refractivity contribution is 0.0524. The van der Waals surface area contributed by atoms with Crippen molar-refractivity contribution in [2.75, 3.05) is 6.61 Å². The highest BCUT2D eigenvalue weighted by molar-refractivity contribution is 6.28. The SMILES string of the molecule is CCOC(=O)c1cnc(Cl)nc1C1CC1. The molecule has 0 saturated heterocycles. The lowest BCUT2D eigenvalue weighted by Gasteiger charge is -2.06. The summed E-state index contributed by atoms with van der Waals surface area (Å²) in [7, 11) is 0. The van der Waals surface area contributed by atoms with Crippen molar-refractivity contribution >= 4 is 17.6 Å². The molecule has 0 aliphatic heterocycles. The first kappa shape index (κ1) is 10.4. The number of hydrogen-bond acceptors (Lipinski definition) is 4. The molecular weight excluding hydrogens is 216 g/mol. The monoisotopic (exact) mass is 226 g/mol. The van der Waals surface area contributed by atoms with Crippen LogP contribution in [0.4, 0.5) is 0 Å². The fourth-order valence-electron chi connectivity index (χ4n) is 1.41. The fraction of sp³-hybridized carbons (Fsp3) is 0.500. The maximum atomic E-state index is 11.6. The van der Waals surface area contributed by atoms with E-state index in [9.17, 15) is 4.79 Å². The quantitative estimate of drug-likeness (QED) is 0.586. The molecule has 0 radical (unpaired) electrons. The second-order valence-corrected chi connectivity index (χ2v) is 3.77. The van der Waals surface area contributed by atoms with Gasteiger partial charge in [-0.1, -0.05) is 0 Å². The molecule has 2 rings (SSSR count). The normalized spacial score (nSPS) is 15.1. The van der Waals surface area contributed by atoms with E-state index < -0.39 is 0 Å². The zero-order valence-electron chi connectivity index (χ0n) is 8.36. The summed E-state index contributed by atoms with van der Waals surface area (Å²) in [6.07, 6.45) is 3.56. The predicted molar refractivity (Wildman–Crippen MR) is 55.0 cm³/mol. The van der Waals surface area contributed by atoms with Crippen molar-refractivity contribution in [2.24, 2.45) is 0 Å². The Morgan fingerprint density at radius 3 is 3.00 bits per heavy atom. The Balaban J connectivity index is 2.32. The molecule has 1 aliphatic rings. The molecule has 4 nitrogen and oxygen atoms in total. The van der Waals surface area contributed by atoms with Crippen molar-refractivity contribution < 1.29 is 9.53 Å². The maximum absolute atomic E-state index is 11.6. The molecule has 15 heavy (non-hydrogen) atoms. The fourth-order valence-corrected chi connectivity index (χ4v) is 1.55. The van der Waals surface area contributed by atoms with Gasteiger partial charge in [-0.2, -0.15) is 0 Å². The van der Waals surface area contributed by atoms with Crippen LogP contribution in [0.25, 0.3) is 0 Å². The summed E-state index contributed by atoms with van der Waals surface area (Å²) in [5, 5.41) is 0.185. The predicted octanol–water partition coefficient (Wildman–Crippen LogP) is 2.18. The van der Waals surface area contributed by atoms with Crippen LogP contribution < -0.4 is 0 Å². The van der Waals surface area contributed by atoms with E-state index in [2.05, 4.69) is 9.97 Å². The van der Waals surface area contributed by atoms with Gasteiger partial charge in [0.1, 0.15) is 0 Å². The Labute approximate surface area is 92.6 Å². The Hall–Kier alpha value is -1.16. The summed E-state index contributed by atoms with van der Waals surface area (Å²) < 4.78 is 4.92. The summed E-state index contributed by atoms with van der Waals surface area (Å²) in [4.78, 5) is 19.5. The van der Waals surface area contributed by atoms with E-state index in [1.165, 1.54) is 6.20 Å². The molecule has 0 aromatic carbocycles. The number of halogens is 1. The average molecular weight is 227 g/mol. The Kier molecular flexibility index (Phi) is 2.86. The zero-order chi connectivity index (χ0) is 10.8. The van der Waals surface area contributed by atoms with Gasteiger partial charge in [-0.25, -0.2) is 14.8 Å². The van der Waals surface area contributed by atoms with Crippen LogP contribution >= 0.6 is 11.6 Å². The number of aromatic nitrogens is 2. The van der Waals surface area contributed by atoms with Gasteiger partial charge in [0.15, 0.2) is 0 Å². The first-order valence-electron chi connectivity index (χ1n) is 4.92. The third kappa shape index (κ3) is 2.26. The maximum Gasteiger partial charge on any atom is 0.341 e. The first-order valence-corrected chi connectivity index (χ1v) is 5.29. The van der Waals surface area contributed by atoms with E-state index in [-0.39, 0.29) is 11.3 Å². The Morgan fingerprint density at radius 2 is 2.40 bits per heavy atom. The summed E-state index contributed by atoms with van der Waals surface area (Å²) >= 11 is 5.70. The topological polar surface area (TPSA) is 52.1 Å². The zero-order valence-corrected chi connectivity index (χ0v) is 9.12. The molecule has 1 aromatic heterocycles. The van der Waals surface area contributed by atoms with Gasteiger partial charge >= 0.3 is 5.97 Å². The van der Waals surface area contributed by atoms with Gasteiger partial charge in [0, 0.05) is 12.1 Å². The Morgan fingerprint density at radius 1 is 1.67 bits per heavy atom. The smallest absolute Gasteiger partial charge is 0.341 e. The molecule has 1 heterocycles. The molecule has 1 aromatic rings. The third-order valence-electron chi connectivity index (χ3n) is 2.25. The third-order valence-corrected chi connectivity index (χ3v) is 2.43. The lowest BCUT2D eigenvalue weighted by Crippen LogP contribution is -2.10. The van der Waals surface area contributed by atoms with Crippen LogP contribution in [0.15, 0.2) is 6.20 Å². The number of nitrogens with zero attached hydrogens (tertiary/aromatic N) is 2. The molecule has 0 atom stereocenters. The summed E-state index contributed by atoms with van der Waals surface area (Å²) in [5.41, 5.74) is 1.18. The van der Waals surface area contributed by atoms with Crippen LogP contribution in [-0.4, -0.2) is 22.5 Å². The number of ether oxygens (including phenoxy) is 1. The number of esters is 1. The summed E-state index contributed by atoms with van der Waals surface area (Å²) in [5.74, 6) is -0.0130. The van der Waals surface area contributed by atoms with Crippen molar-refractivity contribution in [3.63, 3.8) is 0 Å². The average Bonchev–Trinajstić information content (AvgIpc) is 3.01. The van der Waals surface area contributed by atoms with E-state index in [1.54, 1.807) is 6.92 Å². The molecule has 1 fully saturated rings. The number of carbonyl (C=O) groups is 1. The minimum atomic E-state index is -0.365. The number of carbonyl (C=O) groups excluding carboxylic acids is 1.